The van der Waals surface area contributed by atoms with E-state index in [4.69, 9.17) is 21.7 Å². The number of nitrogens with zero attached hydrogens (tertiary/aromatic N) is 1. The molecule has 0 amide bonds. The summed E-state index contributed by atoms with van der Waals surface area (Å²) in [6.45, 7) is 5.04. The first-order valence-electron chi connectivity index (χ1n) is 7.77. The van der Waals surface area contributed by atoms with E-state index in [-0.39, 0.29) is 0 Å². The number of thiocarbonyl (C=S) groups is 1. The van der Waals surface area contributed by atoms with Crippen LogP contribution in [0.25, 0.3) is 0 Å². The van der Waals surface area contributed by atoms with Crippen LogP contribution in [0.5, 0.6) is 11.5 Å². The maximum atomic E-state index is 5.59. The third-order valence-electron chi connectivity index (χ3n) is 2.98. The molecule has 2 aromatic carbocycles. The van der Waals surface area contributed by atoms with Crippen molar-refractivity contribution in [1.29, 1.82) is 0 Å². The molecule has 0 fully saturated rings. The van der Waals surface area contributed by atoms with E-state index in [1.807, 2.05) is 62.4 Å². The molecule has 6 heteroatoms. The van der Waals surface area contributed by atoms with Gasteiger partial charge in [0.1, 0.15) is 0 Å². The standard InChI is InChI=1S/C18H21N3O2S/c1-3-22-16-11-10-14(12-17(16)23-4-2)13-19-21-18(24)20-15-8-6-5-7-9-15/h5-13H,3-4H2,1-2H3,(H2,20,21,24)/b19-13+. The summed E-state index contributed by atoms with van der Waals surface area (Å²) >= 11 is 5.19. The highest BCUT2D eigenvalue weighted by atomic mass is 32.1. The molecule has 2 rings (SSSR count). The molecule has 0 spiro atoms. The van der Waals surface area contributed by atoms with Gasteiger partial charge in [0.05, 0.1) is 19.4 Å². The first kappa shape index (κ1) is 17.7. The summed E-state index contributed by atoms with van der Waals surface area (Å²) < 4.78 is 11.1. The van der Waals surface area contributed by atoms with Crippen LogP contribution in [-0.4, -0.2) is 24.5 Å². The van der Waals surface area contributed by atoms with Crippen LogP contribution >= 0.6 is 12.2 Å². The van der Waals surface area contributed by atoms with E-state index in [2.05, 4.69) is 15.8 Å². The molecule has 2 aromatic rings. The Morgan fingerprint density at radius 3 is 2.46 bits per heavy atom. The largest absolute Gasteiger partial charge is 0.490 e. The molecule has 0 aliphatic heterocycles. The Hall–Kier alpha value is -2.60. The molecule has 0 saturated heterocycles. The Morgan fingerprint density at radius 2 is 1.75 bits per heavy atom. The second kappa shape index (κ2) is 9.52. The fraction of sp³-hybridized carbons (Fsp3) is 0.222. The Morgan fingerprint density at radius 1 is 1.04 bits per heavy atom. The van der Waals surface area contributed by atoms with Gasteiger partial charge in [0, 0.05) is 5.69 Å². The molecular weight excluding hydrogens is 322 g/mol. The van der Waals surface area contributed by atoms with Gasteiger partial charge in [-0.25, -0.2) is 0 Å². The van der Waals surface area contributed by atoms with Crippen molar-refractivity contribution in [3.05, 3.63) is 54.1 Å². The lowest BCUT2D eigenvalue weighted by Crippen LogP contribution is -2.23. The molecule has 0 aromatic heterocycles. The summed E-state index contributed by atoms with van der Waals surface area (Å²) in [6.07, 6.45) is 1.68. The molecule has 2 N–H and O–H groups in total. The molecule has 24 heavy (non-hydrogen) atoms. The summed E-state index contributed by atoms with van der Waals surface area (Å²) in [5.41, 5.74) is 4.58. The maximum Gasteiger partial charge on any atom is 0.191 e. The van der Waals surface area contributed by atoms with E-state index in [0.29, 0.717) is 24.1 Å². The maximum absolute atomic E-state index is 5.59. The third kappa shape index (κ3) is 5.55. The molecule has 0 heterocycles. The summed E-state index contributed by atoms with van der Waals surface area (Å²) in [6, 6.07) is 15.3. The summed E-state index contributed by atoms with van der Waals surface area (Å²) in [5.74, 6) is 1.43. The summed E-state index contributed by atoms with van der Waals surface area (Å²) in [7, 11) is 0. The molecule has 0 unspecified atom stereocenters. The highest BCUT2D eigenvalue weighted by Gasteiger charge is 2.05. The lowest BCUT2D eigenvalue weighted by molar-refractivity contribution is 0.288. The monoisotopic (exact) mass is 343 g/mol. The Labute approximate surface area is 147 Å². The van der Waals surface area contributed by atoms with Crippen molar-refractivity contribution in [2.75, 3.05) is 18.5 Å². The average molecular weight is 343 g/mol. The average Bonchev–Trinajstić information content (AvgIpc) is 2.58. The molecule has 0 aliphatic rings. The Kier molecular flexibility index (Phi) is 7.04. The van der Waals surface area contributed by atoms with Gasteiger partial charge in [-0.05, 0) is 62.0 Å². The lowest BCUT2D eigenvalue weighted by atomic mass is 10.2. The molecular formula is C18H21N3O2S. The topological polar surface area (TPSA) is 54.9 Å². The zero-order valence-corrected chi connectivity index (χ0v) is 14.6. The van der Waals surface area contributed by atoms with Crippen LogP contribution in [0.15, 0.2) is 53.6 Å². The van der Waals surface area contributed by atoms with Crippen molar-refractivity contribution in [2.45, 2.75) is 13.8 Å². The van der Waals surface area contributed by atoms with Crippen molar-refractivity contribution in [3.8, 4) is 11.5 Å². The molecule has 0 saturated carbocycles. The van der Waals surface area contributed by atoms with Gasteiger partial charge in [-0.1, -0.05) is 18.2 Å². The van der Waals surface area contributed by atoms with Crippen LogP contribution in [0.3, 0.4) is 0 Å². The molecule has 0 bridgehead atoms. The lowest BCUT2D eigenvalue weighted by Gasteiger charge is -2.11. The second-order valence-electron chi connectivity index (χ2n) is 4.76. The van der Waals surface area contributed by atoms with Crippen molar-refractivity contribution in [3.63, 3.8) is 0 Å². The number of anilines is 1. The second-order valence-corrected chi connectivity index (χ2v) is 5.17. The Bertz CT molecular complexity index is 690. The predicted molar refractivity (Wildman–Crippen MR) is 102 cm³/mol. The van der Waals surface area contributed by atoms with Gasteiger partial charge >= 0.3 is 0 Å². The predicted octanol–water partition coefficient (Wildman–Crippen LogP) is 3.80. The number of hydrogen-bond acceptors (Lipinski definition) is 4. The summed E-state index contributed by atoms with van der Waals surface area (Å²) in [4.78, 5) is 0. The third-order valence-corrected chi connectivity index (χ3v) is 3.17. The molecule has 5 nitrogen and oxygen atoms in total. The minimum Gasteiger partial charge on any atom is -0.490 e. The SMILES string of the molecule is CCOc1ccc(/C=N/NC(=S)Nc2ccccc2)cc1OCC. The van der Waals surface area contributed by atoms with Gasteiger partial charge in [0.2, 0.25) is 0 Å². The van der Waals surface area contributed by atoms with Crippen molar-refractivity contribution >= 4 is 29.2 Å². The number of nitrogens with one attached hydrogen (secondary N) is 2. The van der Waals surface area contributed by atoms with Crippen molar-refractivity contribution < 1.29 is 9.47 Å². The minimum absolute atomic E-state index is 0.424. The zero-order chi connectivity index (χ0) is 17.2. The van der Waals surface area contributed by atoms with Crippen LogP contribution in [0.1, 0.15) is 19.4 Å². The number of rotatable bonds is 7. The van der Waals surface area contributed by atoms with Gasteiger partial charge < -0.3 is 14.8 Å². The van der Waals surface area contributed by atoms with Crippen molar-refractivity contribution in [2.24, 2.45) is 5.10 Å². The van der Waals surface area contributed by atoms with E-state index in [1.54, 1.807) is 6.21 Å². The number of ether oxygens (including phenoxy) is 2. The van der Waals surface area contributed by atoms with Crippen LogP contribution in [-0.2, 0) is 0 Å². The fourth-order valence-corrected chi connectivity index (χ4v) is 2.16. The van der Waals surface area contributed by atoms with Gasteiger partial charge in [-0.3, -0.25) is 5.43 Å². The summed E-state index contributed by atoms with van der Waals surface area (Å²) in [5, 5.41) is 7.61. The normalized spacial score (nSPS) is 10.4. The molecule has 0 radical (unpaired) electrons. The van der Waals surface area contributed by atoms with E-state index in [1.165, 1.54) is 0 Å². The highest BCUT2D eigenvalue weighted by molar-refractivity contribution is 7.80. The molecule has 0 atom stereocenters. The van der Waals surface area contributed by atoms with Crippen LogP contribution in [0.4, 0.5) is 5.69 Å². The molecule has 126 valence electrons. The van der Waals surface area contributed by atoms with Crippen LogP contribution in [0, 0.1) is 0 Å². The van der Waals surface area contributed by atoms with E-state index in [0.717, 1.165) is 17.0 Å². The van der Waals surface area contributed by atoms with Crippen molar-refractivity contribution in [1.82, 2.24) is 5.43 Å². The molecule has 0 aliphatic carbocycles. The number of hydrazone groups is 1. The first-order valence-corrected chi connectivity index (χ1v) is 8.18. The number of para-hydroxylation sites is 1. The number of hydrogen-bond donors (Lipinski definition) is 2. The van der Waals surface area contributed by atoms with Crippen LogP contribution in [0.2, 0.25) is 0 Å². The first-order chi connectivity index (χ1) is 11.7. The van der Waals surface area contributed by atoms with Gasteiger partial charge in [0.25, 0.3) is 0 Å². The van der Waals surface area contributed by atoms with E-state index in [9.17, 15) is 0 Å². The van der Waals surface area contributed by atoms with E-state index < -0.39 is 0 Å². The van der Waals surface area contributed by atoms with Gasteiger partial charge in [0.15, 0.2) is 16.6 Å². The highest BCUT2D eigenvalue weighted by Crippen LogP contribution is 2.27. The van der Waals surface area contributed by atoms with Crippen LogP contribution < -0.4 is 20.2 Å². The Balaban J connectivity index is 1.95. The number of benzene rings is 2. The zero-order valence-electron chi connectivity index (χ0n) is 13.8. The fourth-order valence-electron chi connectivity index (χ4n) is 1.99. The van der Waals surface area contributed by atoms with Gasteiger partial charge in [-0.15, -0.1) is 0 Å². The van der Waals surface area contributed by atoms with E-state index >= 15 is 0 Å². The quantitative estimate of drug-likeness (QED) is 0.455. The minimum atomic E-state index is 0.424. The van der Waals surface area contributed by atoms with Gasteiger partial charge in [-0.2, -0.15) is 5.10 Å². The smallest absolute Gasteiger partial charge is 0.191 e.